The second-order valence-corrected chi connectivity index (χ2v) is 6.84. The van der Waals surface area contributed by atoms with Crippen LogP contribution in [0.1, 0.15) is 21.6 Å². The highest BCUT2D eigenvalue weighted by Gasteiger charge is 2.32. The smallest absolute Gasteiger partial charge is 0.329 e. The van der Waals surface area contributed by atoms with Gasteiger partial charge in [0.05, 0.1) is 11.3 Å². The van der Waals surface area contributed by atoms with Crippen molar-refractivity contribution in [3.05, 3.63) is 88.2 Å². The van der Waals surface area contributed by atoms with E-state index in [1.54, 1.807) is 37.4 Å². The fourth-order valence-corrected chi connectivity index (χ4v) is 3.28. The van der Waals surface area contributed by atoms with Gasteiger partial charge in [-0.25, -0.2) is 0 Å². The summed E-state index contributed by atoms with van der Waals surface area (Å²) in [6.45, 7) is 1.76. The van der Waals surface area contributed by atoms with E-state index in [0.29, 0.717) is 16.6 Å². The molecular weight excluding hydrogens is 409 g/mol. The Morgan fingerprint density at radius 3 is 2.61 bits per heavy atom. The largest absolute Gasteiger partial charge is 0.433 e. The van der Waals surface area contributed by atoms with Gasteiger partial charge in [0, 0.05) is 35.2 Å². The number of H-pyrrole nitrogens is 1. The summed E-state index contributed by atoms with van der Waals surface area (Å²) in [5.74, 6) is -0.601. The first-order valence-corrected chi connectivity index (χ1v) is 9.16. The molecule has 0 spiro atoms. The van der Waals surface area contributed by atoms with E-state index in [1.165, 1.54) is 12.3 Å². The summed E-state index contributed by atoms with van der Waals surface area (Å²) in [5, 5.41) is 3.66. The lowest BCUT2D eigenvalue weighted by atomic mass is 9.99. The van der Waals surface area contributed by atoms with E-state index >= 15 is 0 Å². The molecule has 3 heterocycles. The predicted molar refractivity (Wildman–Crippen MR) is 110 cm³/mol. The molecule has 4 rings (SSSR count). The van der Waals surface area contributed by atoms with Gasteiger partial charge in [0.1, 0.15) is 5.69 Å². The van der Waals surface area contributed by atoms with Crippen molar-refractivity contribution in [2.75, 3.05) is 5.32 Å². The molecule has 156 valence electrons. The number of nitrogens with zero attached hydrogens (tertiary/aromatic N) is 2. The van der Waals surface area contributed by atoms with Crippen LogP contribution in [0, 0.1) is 6.92 Å². The third kappa shape index (κ3) is 4.02. The number of hydrogen-bond donors (Lipinski definition) is 2. The topological polar surface area (TPSA) is 87.7 Å². The average molecular weight is 424 g/mol. The number of carbonyl (C=O) groups is 1. The first-order chi connectivity index (χ1) is 14.7. The van der Waals surface area contributed by atoms with Crippen LogP contribution in [0.4, 0.5) is 18.9 Å². The van der Waals surface area contributed by atoms with Crippen molar-refractivity contribution in [2.24, 2.45) is 0 Å². The Morgan fingerprint density at radius 2 is 1.87 bits per heavy atom. The number of aromatic nitrogens is 3. The van der Waals surface area contributed by atoms with Crippen molar-refractivity contribution < 1.29 is 18.0 Å². The molecule has 0 unspecified atom stereocenters. The van der Waals surface area contributed by atoms with Crippen molar-refractivity contribution in [1.29, 1.82) is 0 Å². The van der Waals surface area contributed by atoms with E-state index in [4.69, 9.17) is 0 Å². The average Bonchev–Trinajstić information content (AvgIpc) is 2.73. The molecule has 31 heavy (non-hydrogen) atoms. The summed E-state index contributed by atoms with van der Waals surface area (Å²) in [6.07, 6.45) is -0.737. The van der Waals surface area contributed by atoms with Crippen molar-refractivity contribution in [2.45, 2.75) is 13.1 Å². The zero-order valence-corrected chi connectivity index (χ0v) is 16.1. The van der Waals surface area contributed by atoms with Gasteiger partial charge in [-0.3, -0.25) is 19.6 Å². The van der Waals surface area contributed by atoms with Crippen LogP contribution in [0.5, 0.6) is 0 Å². The van der Waals surface area contributed by atoms with Gasteiger partial charge in [-0.05, 0) is 48.2 Å². The van der Waals surface area contributed by atoms with Gasteiger partial charge in [-0.15, -0.1) is 0 Å². The van der Waals surface area contributed by atoms with Crippen molar-refractivity contribution >= 4 is 22.4 Å². The molecule has 1 amide bonds. The van der Waals surface area contributed by atoms with Crippen molar-refractivity contribution in [3.63, 3.8) is 0 Å². The molecule has 0 fully saturated rings. The van der Waals surface area contributed by atoms with Crippen LogP contribution < -0.4 is 10.9 Å². The summed E-state index contributed by atoms with van der Waals surface area (Å²) in [5.41, 5.74) is 0.843. The molecule has 0 aliphatic rings. The maximum atomic E-state index is 12.8. The number of nitrogens with one attached hydrogen (secondary N) is 2. The number of carbonyl (C=O) groups excluding carboxylic acids is 1. The van der Waals surface area contributed by atoms with E-state index in [2.05, 4.69) is 20.3 Å². The Labute approximate surface area is 173 Å². The van der Waals surface area contributed by atoms with E-state index in [-0.39, 0.29) is 16.8 Å². The van der Waals surface area contributed by atoms with Gasteiger partial charge in [0.15, 0.2) is 0 Å². The molecule has 1 aromatic carbocycles. The van der Waals surface area contributed by atoms with Crippen LogP contribution in [-0.4, -0.2) is 20.9 Å². The standard InChI is InChI=1S/C22H15F3N4O2/c1-12-9-13(20(30)29-14-5-7-26-18(10-14)22(23,24)25)11-28-19(12)16-3-2-4-17-15(16)6-8-27-21(17)31/h2-11H,1H3,(H,27,31)(H,26,29,30). The summed E-state index contributed by atoms with van der Waals surface area (Å²) in [7, 11) is 0. The van der Waals surface area contributed by atoms with Crippen LogP contribution in [0.25, 0.3) is 22.0 Å². The van der Waals surface area contributed by atoms with E-state index in [0.717, 1.165) is 23.2 Å². The first kappa shape index (κ1) is 20.3. The zero-order chi connectivity index (χ0) is 22.2. The lowest BCUT2D eigenvalue weighted by Crippen LogP contribution is -2.14. The predicted octanol–water partition coefficient (Wildman–Crippen LogP) is 4.56. The Balaban J connectivity index is 1.65. The highest BCUT2D eigenvalue weighted by Crippen LogP contribution is 2.30. The number of alkyl halides is 3. The van der Waals surface area contributed by atoms with Gasteiger partial charge < -0.3 is 10.3 Å². The second-order valence-electron chi connectivity index (χ2n) is 6.84. The lowest BCUT2D eigenvalue weighted by molar-refractivity contribution is -0.141. The number of hydrogen-bond acceptors (Lipinski definition) is 4. The molecule has 9 heteroatoms. The van der Waals surface area contributed by atoms with E-state index < -0.39 is 17.8 Å². The summed E-state index contributed by atoms with van der Waals surface area (Å²) in [4.78, 5) is 34.9. The highest BCUT2D eigenvalue weighted by atomic mass is 19.4. The third-order valence-corrected chi connectivity index (χ3v) is 4.72. The number of aryl methyl sites for hydroxylation is 1. The molecule has 0 aliphatic heterocycles. The van der Waals surface area contributed by atoms with Crippen molar-refractivity contribution in [3.8, 4) is 11.3 Å². The van der Waals surface area contributed by atoms with Gasteiger partial charge in [0.2, 0.25) is 0 Å². The molecule has 0 bridgehead atoms. The van der Waals surface area contributed by atoms with Gasteiger partial charge in [0.25, 0.3) is 11.5 Å². The van der Waals surface area contributed by atoms with Gasteiger partial charge in [-0.2, -0.15) is 13.2 Å². The summed E-state index contributed by atoms with van der Waals surface area (Å²) < 4.78 is 38.4. The van der Waals surface area contributed by atoms with Crippen LogP contribution in [0.3, 0.4) is 0 Å². The molecule has 0 saturated carbocycles. The first-order valence-electron chi connectivity index (χ1n) is 9.16. The van der Waals surface area contributed by atoms with E-state index in [1.807, 2.05) is 6.07 Å². The molecule has 3 aromatic heterocycles. The van der Waals surface area contributed by atoms with Gasteiger partial charge in [-0.1, -0.05) is 12.1 Å². The lowest BCUT2D eigenvalue weighted by Gasteiger charge is -2.11. The Kier molecular flexibility index (Phi) is 5.02. The monoisotopic (exact) mass is 424 g/mol. The quantitative estimate of drug-likeness (QED) is 0.505. The number of aromatic amines is 1. The molecule has 0 saturated heterocycles. The maximum absolute atomic E-state index is 12.8. The molecular formula is C22H15F3N4O2. The number of amides is 1. The third-order valence-electron chi connectivity index (χ3n) is 4.72. The Hall–Kier alpha value is -4.01. The number of halogens is 3. The second kappa shape index (κ2) is 7.67. The molecule has 4 aromatic rings. The van der Waals surface area contributed by atoms with E-state index in [9.17, 15) is 22.8 Å². The molecule has 0 radical (unpaired) electrons. The Morgan fingerprint density at radius 1 is 1.06 bits per heavy atom. The minimum atomic E-state index is -4.61. The SMILES string of the molecule is Cc1cc(C(=O)Nc2ccnc(C(F)(F)F)c2)cnc1-c1cccc2c(=O)[nH]ccc12. The molecule has 6 nitrogen and oxygen atoms in total. The molecule has 0 aliphatic carbocycles. The Bertz CT molecular complexity index is 1360. The van der Waals surface area contributed by atoms with Crippen LogP contribution in [0.15, 0.2) is 65.8 Å². The van der Waals surface area contributed by atoms with Gasteiger partial charge >= 0.3 is 6.18 Å². The normalized spacial score (nSPS) is 11.5. The number of pyridine rings is 3. The summed E-state index contributed by atoms with van der Waals surface area (Å²) in [6, 6.07) is 10.7. The van der Waals surface area contributed by atoms with Crippen molar-refractivity contribution in [1.82, 2.24) is 15.0 Å². The highest BCUT2D eigenvalue weighted by molar-refractivity contribution is 6.04. The minimum Gasteiger partial charge on any atom is -0.329 e. The molecule has 2 N–H and O–H groups in total. The number of anilines is 1. The fraction of sp³-hybridized carbons (Fsp3) is 0.0909. The van der Waals surface area contributed by atoms with Crippen LogP contribution in [0.2, 0.25) is 0 Å². The zero-order valence-electron chi connectivity index (χ0n) is 16.1. The summed E-state index contributed by atoms with van der Waals surface area (Å²) >= 11 is 0. The maximum Gasteiger partial charge on any atom is 0.433 e. The number of fused-ring (bicyclic) bond motifs is 1. The number of rotatable bonds is 3. The minimum absolute atomic E-state index is 0.0256. The molecule has 0 atom stereocenters. The van der Waals surface area contributed by atoms with Crippen LogP contribution >= 0.6 is 0 Å². The number of benzene rings is 1. The fourth-order valence-electron chi connectivity index (χ4n) is 3.28. The van der Waals surface area contributed by atoms with Crippen LogP contribution in [-0.2, 0) is 6.18 Å².